The molecule has 0 radical (unpaired) electrons. The van der Waals surface area contributed by atoms with Gasteiger partial charge in [0.15, 0.2) is 0 Å². The SMILES string of the molecule is C=CC(C)C(C)(C)C(=O)C#Cc1ccccc1. The van der Waals surface area contributed by atoms with Crippen molar-refractivity contribution in [3.8, 4) is 11.8 Å². The summed E-state index contributed by atoms with van der Waals surface area (Å²) in [5.74, 6) is 5.68. The average molecular weight is 226 g/mol. The van der Waals surface area contributed by atoms with E-state index in [0.29, 0.717) is 0 Å². The summed E-state index contributed by atoms with van der Waals surface area (Å²) in [5.41, 5.74) is 0.381. The van der Waals surface area contributed by atoms with Crippen molar-refractivity contribution in [1.29, 1.82) is 0 Å². The van der Waals surface area contributed by atoms with Gasteiger partial charge in [0.2, 0.25) is 5.78 Å². The molecule has 1 aromatic carbocycles. The van der Waals surface area contributed by atoms with Crippen LogP contribution in [0.3, 0.4) is 0 Å². The summed E-state index contributed by atoms with van der Waals surface area (Å²) >= 11 is 0. The summed E-state index contributed by atoms with van der Waals surface area (Å²) in [5, 5.41) is 0. The molecule has 0 aliphatic rings. The maximum atomic E-state index is 12.0. The molecule has 0 fully saturated rings. The largest absolute Gasteiger partial charge is 0.284 e. The normalized spacial score (nSPS) is 12.2. The molecule has 88 valence electrons. The third-order valence-electron chi connectivity index (χ3n) is 3.17. The lowest BCUT2D eigenvalue weighted by Crippen LogP contribution is -2.29. The first-order chi connectivity index (χ1) is 7.98. The minimum atomic E-state index is -0.483. The lowest BCUT2D eigenvalue weighted by molar-refractivity contribution is -0.122. The highest BCUT2D eigenvalue weighted by Gasteiger charge is 2.30. The van der Waals surface area contributed by atoms with Crippen molar-refractivity contribution in [3.63, 3.8) is 0 Å². The molecule has 0 saturated carbocycles. The molecule has 0 saturated heterocycles. The standard InChI is InChI=1S/C16H18O/c1-5-13(2)16(3,4)15(17)12-11-14-9-7-6-8-10-14/h5-10,13H,1H2,2-4H3. The molecule has 0 aliphatic heterocycles. The molecule has 1 aromatic rings. The van der Waals surface area contributed by atoms with Crippen LogP contribution >= 0.6 is 0 Å². The number of carbonyl (C=O) groups is 1. The molecule has 0 spiro atoms. The number of hydrogen-bond donors (Lipinski definition) is 0. The monoisotopic (exact) mass is 226 g/mol. The summed E-state index contributed by atoms with van der Waals surface area (Å²) in [6, 6.07) is 9.53. The van der Waals surface area contributed by atoms with Crippen LogP contribution in [0.1, 0.15) is 26.3 Å². The first-order valence-electron chi connectivity index (χ1n) is 5.72. The fourth-order valence-electron chi connectivity index (χ4n) is 1.31. The third-order valence-corrected chi connectivity index (χ3v) is 3.17. The van der Waals surface area contributed by atoms with E-state index in [1.54, 1.807) is 6.08 Å². The zero-order valence-corrected chi connectivity index (χ0v) is 10.7. The van der Waals surface area contributed by atoms with Crippen LogP contribution in [-0.2, 0) is 4.79 Å². The molecule has 0 amide bonds. The van der Waals surface area contributed by atoms with Crippen LogP contribution < -0.4 is 0 Å². The van der Waals surface area contributed by atoms with Gasteiger partial charge in [0.1, 0.15) is 0 Å². The summed E-state index contributed by atoms with van der Waals surface area (Å²) in [7, 11) is 0. The summed E-state index contributed by atoms with van der Waals surface area (Å²) in [4.78, 5) is 12.0. The number of ketones is 1. The first kappa shape index (κ1) is 13.3. The second kappa shape index (κ2) is 5.50. The van der Waals surface area contributed by atoms with Crippen LogP contribution in [0, 0.1) is 23.2 Å². The van der Waals surface area contributed by atoms with E-state index in [1.165, 1.54) is 0 Å². The molecule has 0 bridgehead atoms. The van der Waals surface area contributed by atoms with Crippen LogP contribution in [0.15, 0.2) is 43.0 Å². The van der Waals surface area contributed by atoms with Crippen LogP contribution in [0.25, 0.3) is 0 Å². The van der Waals surface area contributed by atoms with Crippen molar-refractivity contribution < 1.29 is 4.79 Å². The second-order valence-electron chi connectivity index (χ2n) is 4.69. The number of carbonyl (C=O) groups excluding carboxylic acids is 1. The highest BCUT2D eigenvalue weighted by molar-refractivity contribution is 6.00. The van der Waals surface area contributed by atoms with Gasteiger partial charge in [-0.05, 0) is 24.0 Å². The van der Waals surface area contributed by atoms with Gasteiger partial charge < -0.3 is 0 Å². The molecule has 0 N–H and O–H groups in total. The van der Waals surface area contributed by atoms with Gasteiger partial charge in [-0.15, -0.1) is 6.58 Å². The molecule has 0 heterocycles. The second-order valence-corrected chi connectivity index (χ2v) is 4.69. The number of benzene rings is 1. The van der Waals surface area contributed by atoms with E-state index in [2.05, 4.69) is 18.4 Å². The van der Waals surface area contributed by atoms with Crippen molar-refractivity contribution in [2.45, 2.75) is 20.8 Å². The van der Waals surface area contributed by atoms with E-state index < -0.39 is 5.41 Å². The molecule has 0 aromatic heterocycles. The predicted octanol–water partition coefficient (Wildman–Crippen LogP) is 3.46. The number of hydrogen-bond acceptors (Lipinski definition) is 1. The molecule has 1 unspecified atom stereocenters. The Balaban J connectivity index is 2.87. The van der Waals surface area contributed by atoms with Crippen LogP contribution in [0.5, 0.6) is 0 Å². The topological polar surface area (TPSA) is 17.1 Å². The Morgan fingerprint density at radius 2 is 1.94 bits per heavy atom. The summed E-state index contributed by atoms with van der Waals surface area (Å²) in [6.07, 6.45) is 1.79. The molecule has 1 nitrogen and oxygen atoms in total. The lowest BCUT2D eigenvalue weighted by Gasteiger charge is -2.25. The molecule has 1 rings (SSSR count). The zero-order chi connectivity index (χ0) is 12.9. The van der Waals surface area contributed by atoms with Crippen molar-refractivity contribution in [3.05, 3.63) is 48.6 Å². The number of rotatable bonds is 3. The molecule has 17 heavy (non-hydrogen) atoms. The van der Waals surface area contributed by atoms with Gasteiger partial charge in [0.25, 0.3) is 0 Å². The Morgan fingerprint density at radius 1 is 1.35 bits per heavy atom. The molecule has 0 aliphatic carbocycles. The number of allylic oxidation sites excluding steroid dienone is 1. The van der Waals surface area contributed by atoms with Crippen LogP contribution in [0.2, 0.25) is 0 Å². The van der Waals surface area contributed by atoms with E-state index in [-0.39, 0.29) is 11.7 Å². The van der Waals surface area contributed by atoms with Crippen molar-refractivity contribution in [1.82, 2.24) is 0 Å². The average Bonchev–Trinajstić information content (AvgIpc) is 2.35. The molecular weight excluding hydrogens is 208 g/mol. The van der Waals surface area contributed by atoms with E-state index in [0.717, 1.165) is 5.56 Å². The smallest absolute Gasteiger partial charge is 0.211 e. The van der Waals surface area contributed by atoms with Crippen LogP contribution in [0.4, 0.5) is 0 Å². The van der Waals surface area contributed by atoms with Gasteiger partial charge in [-0.25, -0.2) is 0 Å². The fraction of sp³-hybridized carbons (Fsp3) is 0.312. The quantitative estimate of drug-likeness (QED) is 0.570. The Bertz CT molecular complexity index is 457. The lowest BCUT2D eigenvalue weighted by atomic mass is 9.76. The number of Topliss-reactive ketones (excluding diaryl/α,β-unsaturated/α-hetero) is 1. The van der Waals surface area contributed by atoms with E-state index >= 15 is 0 Å². The summed E-state index contributed by atoms with van der Waals surface area (Å²) in [6.45, 7) is 9.52. The van der Waals surface area contributed by atoms with Gasteiger partial charge in [0.05, 0.1) is 0 Å². The Morgan fingerprint density at radius 3 is 2.47 bits per heavy atom. The fourth-order valence-corrected chi connectivity index (χ4v) is 1.31. The minimum absolute atomic E-state index is 0.0475. The summed E-state index contributed by atoms with van der Waals surface area (Å²) < 4.78 is 0. The third kappa shape index (κ3) is 3.32. The highest BCUT2D eigenvalue weighted by atomic mass is 16.1. The maximum absolute atomic E-state index is 12.0. The molecular formula is C16H18O. The zero-order valence-electron chi connectivity index (χ0n) is 10.7. The van der Waals surface area contributed by atoms with Crippen molar-refractivity contribution in [2.75, 3.05) is 0 Å². The van der Waals surface area contributed by atoms with Gasteiger partial charge in [-0.2, -0.15) is 0 Å². The van der Waals surface area contributed by atoms with Crippen molar-refractivity contribution >= 4 is 5.78 Å². The van der Waals surface area contributed by atoms with E-state index in [9.17, 15) is 4.79 Å². The van der Waals surface area contributed by atoms with E-state index in [1.807, 2.05) is 51.1 Å². The Kier molecular flexibility index (Phi) is 4.29. The minimum Gasteiger partial charge on any atom is -0.284 e. The van der Waals surface area contributed by atoms with Gasteiger partial charge in [-0.1, -0.05) is 51.0 Å². The van der Waals surface area contributed by atoms with E-state index in [4.69, 9.17) is 0 Å². The van der Waals surface area contributed by atoms with Crippen LogP contribution in [-0.4, -0.2) is 5.78 Å². The van der Waals surface area contributed by atoms with Crippen molar-refractivity contribution in [2.24, 2.45) is 11.3 Å². The van der Waals surface area contributed by atoms with Gasteiger partial charge in [0, 0.05) is 11.0 Å². The Labute approximate surface area is 104 Å². The van der Waals surface area contributed by atoms with Gasteiger partial charge in [-0.3, -0.25) is 4.79 Å². The molecule has 1 heteroatoms. The molecule has 1 atom stereocenters. The Hall–Kier alpha value is -1.81. The highest BCUT2D eigenvalue weighted by Crippen LogP contribution is 2.28. The predicted molar refractivity (Wildman–Crippen MR) is 71.5 cm³/mol. The van der Waals surface area contributed by atoms with Gasteiger partial charge >= 0.3 is 0 Å². The first-order valence-corrected chi connectivity index (χ1v) is 5.72. The maximum Gasteiger partial charge on any atom is 0.211 e.